The highest BCUT2D eigenvalue weighted by Gasteiger charge is 2.12. The van der Waals surface area contributed by atoms with Gasteiger partial charge in [0.15, 0.2) is 0 Å². The second-order valence-electron chi connectivity index (χ2n) is 4.97. The molecule has 2 rings (SSSR count). The number of hydrogen-bond donors (Lipinski definition) is 2. The van der Waals surface area contributed by atoms with E-state index in [9.17, 15) is 9.90 Å². The zero-order valence-electron chi connectivity index (χ0n) is 13.1. The Kier molecular flexibility index (Phi) is 8.80. The van der Waals surface area contributed by atoms with Gasteiger partial charge in [0.1, 0.15) is 0 Å². The summed E-state index contributed by atoms with van der Waals surface area (Å²) >= 11 is 9.44. The minimum atomic E-state index is -0.377. The van der Waals surface area contributed by atoms with E-state index < -0.39 is 0 Å². The molecule has 130 valence electrons. The van der Waals surface area contributed by atoms with Gasteiger partial charge in [0.25, 0.3) is 0 Å². The van der Waals surface area contributed by atoms with Crippen LogP contribution in [0, 0.1) is 0 Å². The van der Waals surface area contributed by atoms with Crippen molar-refractivity contribution < 1.29 is 14.6 Å². The fourth-order valence-electron chi connectivity index (χ4n) is 2.18. The summed E-state index contributed by atoms with van der Waals surface area (Å²) in [6, 6.07) is 12.4. The minimum Gasteiger partial charge on any atom is -0.465 e. The molecular weight excluding hydrogens is 414 g/mol. The van der Waals surface area contributed by atoms with Gasteiger partial charge < -0.3 is 15.2 Å². The molecule has 7 heteroatoms. The van der Waals surface area contributed by atoms with Crippen molar-refractivity contribution in [1.29, 1.82) is 0 Å². The molecule has 2 aromatic carbocycles. The smallest absolute Gasteiger partial charge is 0.337 e. The van der Waals surface area contributed by atoms with E-state index in [0.29, 0.717) is 17.1 Å². The predicted octanol–water partition coefficient (Wildman–Crippen LogP) is 3.83. The van der Waals surface area contributed by atoms with E-state index in [0.717, 1.165) is 15.6 Å². The van der Waals surface area contributed by atoms with Crippen LogP contribution < -0.4 is 5.32 Å². The zero-order chi connectivity index (χ0) is 16.8. The summed E-state index contributed by atoms with van der Waals surface area (Å²) in [5.41, 5.74) is 2.37. The molecule has 0 bridgehead atoms. The molecule has 2 N–H and O–H groups in total. The van der Waals surface area contributed by atoms with E-state index in [1.807, 2.05) is 24.3 Å². The standard InChI is InChI=1S/C17H17BrClNO3.H2S/c1-23-17(22)12-5-6-13(15(18)8-12)9-20-16(10-21)11-3-2-4-14(19)7-11;/h2-8,16,20-21H,9-10H2,1H3;1H2/t16-;/m1./s1. The largest absolute Gasteiger partial charge is 0.465 e. The van der Waals surface area contributed by atoms with Crippen molar-refractivity contribution in [3.63, 3.8) is 0 Å². The molecule has 0 amide bonds. The van der Waals surface area contributed by atoms with E-state index in [-0.39, 0.29) is 32.1 Å². The number of aliphatic hydroxyl groups excluding tert-OH is 1. The molecule has 0 fully saturated rings. The van der Waals surface area contributed by atoms with Gasteiger partial charge in [-0.25, -0.2) is 4.79 Å². The third-order valence-electron chi connectivity index (χ3n) is 3.45. The van der Waals surface area contributed by atoms with E-state index in [4.69, 9.17) is 16.3 Å². The Labute approximate surface area is 161 Å². The number of nitrogens with one attached hydrogen (secondary N) is 1. The summed E-state index contributed by atoms with van der Waals surface area (Å²) in [6.45, 7) is 0.484. The highest BCUT2D eigenvalue weighted by atomic mass is 79.9. The number of esters is 1. The molecule has 0 spiro atoms. The van der Waals surface area contributed by atoms with Gasteiger partial charge in [0.05, 0.1) is 25.3 Å². The molecule has 1 atom stereocenters. The van der Waals surface area contributed by atoms with Crippen LogP contribution in [0.25, 0.3) is 0 Å². The lowest BCUT2D eigenvalue weighted by atomic mass is 10.1. The van der Waals surface area contributed by atoms with Crippen LogP contribution in [0.15, 0.2) is 46.9 Å². The summed E-state index contributed by atoms with van der Waals surface area (Å²) in [6.07, 6.45) is 0. The van der Waals surface area contributed by atoms with Crippen molar-refractivity contribution in [1.82, 2.24) is 5.32 Å². The summed E-state index contributed by atoms with van der Waals surface area (Å²) in [5, 5.41) is 13.5. The van der Waals surface area contributed by atoms with Crippen molar-refractivity contribution in [2.75, 3.05) is 13.7 Å². The summed E-state index contributed by atoms with van der Waals surface area (Å²) in [5.74, 6) is -0.377. The minimum absolute atomic E-state index is 0. The van der Waals surface area contributed by atoms with Crippen molar-refractivity contribution >= 4 is 47.0 Å². The maximum atomic E-state index is 11.5. The fourth-order valence-corrected chi connectivity index (χ4v) is 2.90. The first-order valence-electron chi connectivity index (χ1n) is 7.01. The van der Waals surface area contributed by atoms with E-state index in [1.54, 1.807) is 18.2 Å². The Morgan fingerprint density at radius 2 is 2.08 bits per heavy atom. The lowest BCUT2D eigenvalue weighted by Gasteiger charge is -2.18. The van der Waals surface area contributed by atoms with Gasteiger partial charge in [-0.15, -0.1) is 0 Å². The maximum Gasteiger partial charge on any atom is 0.337 e. The van der Waals surface area contributed by atoms with Crippen molar-refractivity contribution in [3.05, 3.63) is 68.7 Å². The SMILES string of the molecule is COC(=O)c1ccc(CN[C@H](CO)c2cccc(Cl)c2)c(Br)c1.S. The van der Waals surface area contributed by atoms with Crippen LogP contribution in [0.3, 0.4) is 0 Å². The molecule has 0 saturated carbocycles. The Hall–Kier alpha value is -1.05. The second kappa shape index (κ2) is 10.1. The number of aliphatic hydroxyl groups is 1. The van der Waals surface area contributed by atoms with Gasteiger partial charge in [-0.1, -0.05) is 45.7 Å². The van der Waals surface area contributed by atoms with E-state index in [1.165, 1.54) is 7.11 Å². The summed E-state index contributed by atoms with van der Waals surface area (Å²) in [7, 11) is 1.35. The molecule has 0 aliphatic carbocycles. The topological polar surface area (TPSA) is 58.6 Å². The quantitative estimate of drug-likeness (QED) is 0.681. The molecule has 4 nitrogen and oxygen atoms in total. The number of carbonyl (C=O) groups excluding carboxylic acids is 1. The van der Waals surface area contributed by atoms with Gasteiger partial charge in [-0.3, -0.25) is 0 Å². The average molecular weight is 433 g/mol. The molecule has 0 saturated heterocycles. The maximum absolute atomic E-state index is 11.5. The molecule has 0 unspecified atom stereocenters. The Balaban J connectivity index is 0.00000288. The first kappa shape index (κ1) is 21.0. The first-order chi connectivity index (χ1) is 11.0. The first-order valence-corrected chi connectivity index (χ1v) is 8.18. The van der Waals surface area contributed by atoms with Gasteiger partial charge in [0, 0.05) is 16.0 Å². The van der Waals surface area contributed by atoms with E-state index >= 15 is 0 Å². The molecule has 0 radical (unpaired) electrons. The van der Waals surface area contributed by atoms with Gasteiger partial charge in [-0.05, 0) is 35.4 Å². The number of halogens is 2. The van der Waals surface area contributed by atoms with Gasteiger partial charge in [0.2, 0.25) is 0 Å². The lowest BCUT2D eigenvalue weighted by molar-refractivity contribution is 0.0600. The Bertz CT molecular complexity index is 699. The highest BCUT2D eigenvalue weighted by molar-refractivity contribution is 9.10. The normalized spacial score (nSPS) is 11.5. The number of rotatable bonds is 6. The van der Waals surface area contributed by atoms with Crippen LogP contribution >= 0.6 is 41.0 Å². The zero-order valence-corrected chi connectivity index (χ0v) is 16.4. The average Bonchev–Trinajstić information content (AvgIpc) is 2.56. The Morgan fingerprint density at radius 1 is 1.33 bits per heavy atom. The van der Waals surface area contributed by atoms with Crippen LogP contribution in [0.1, 0.15) is 27.5 Å². The number of carbonyl (C=O) groups is 1. The molecule has 24 heavy (non-hydrogen) atoms. The van der Waals surface area contributed by atoms with E-state index in [2.05, 4.69) is 21.2 Å². The molecule has 0 aliphatic rings. The van der Waals surface area contributed by atoms with Crippen LogP contribution in [0.5, 0.6) is 0 Å². The van der Waals surface area contributed by atoms with Crippen molar-refractivity contribution in [2.45, 2.75) is 12.6 Å². The molecular formula is C17H19BrClNO3S. The van der Waals surface area contributed by atoms with Gasteiger partial charge in [-0.2, -0.15) is 13.5 Å². The number of methoxy groups -OCH3 is 1. The second-order valence-corrected chi connectivity index (χ2v) is 6.26. The lowest BCUT2D eigenvalue weighted by Crippen LogP contribution is -2.24. The van der Waals surface area contributed by atoms with Crippen LogP contribution in [-0.2, 0) is 11.3 Å². The molecule has 0 heterocycles. The molecule has 0 aliphatic heterocycles. The van der Waals surface area contributed by atoms with Crippen LogP contribution in [0.4, 0.5) is 0 Å². The highest BCUT2D eigenvalue weighted by Crippen LogP contribution is 2.22. The summed E-state index contributed by atoms with van der Waals surface area (Å²) in [4.78, 5) is 11.5. The third kappa shape index (κ3) is 5.50. The monoisotopic (exact) mass is 431 g/mol. The van der Waals surface area contributed by atoms with Crippen molar-refractivity contribution in [2.24, 2.45) is 0 Å². The van der Waals surface area contributed by atoms with Gasteiger partial charge >= 0.3 is 5.97 Å². The molecule has 0 aromatic heterocycles. The summed E-state index contributed by atoms with van der Waals surface area (Å²) < 4.78 is 5.50. The predicted molar refractivity (Wildman–Crippen MR) is 104 cm³/mol. The fraction of sp³-hybridized carbons (Fsp3) is 0.235. The third-order valence-corrected chi connectivity index (χ3v) is 4.42. The Morgan fingerprint density at radius 3 is 2.67 bits per heavy atom. The van der Waals surface area contributed by atoms with Crippen molar-refractivity contribution in [3.8, 4) is 0 Å². The number of benzene rings is 2. The van der Waals surface area contributed by atoms with Crippen LogP contribution in [0.2, 0.25) is 5.02 Å². The number of ether oxygens (including phenoxy) is 1. The number of hydrogen-bond acceptors (Lipinski definition) is 4. The molecule has 2 aromatic rings. The van der Waals surface area contributed by atoms with Crippen LogP contribution in [-0.4, -0.2) is 24.8 Å².